The Hall–Kier alpha value is -7.76. The molecule has 0 aliphatic carbocycles. The number of nitrogens with zero attached hydrogens (tertiary/aromatic N) is 4. The molecule has 3 aromatic heterocycles. The molecule has 0 N–H and O–H groups in total. The summed E-state index contributed by atoms with van der Waals surface area (Å²) in [6, 6.07) is 63.4. The van der Waals surface area contributed by atoms with Gasteiger partial charge in [-0.3, -0.25) is 0 Å². The third kappa shape index (κ3) is 5.03. The molecule has 3 heterocycles. The summed E-state index contributed by atoms with van der Waals surface area (Å²) in [6.45, 7) is 0. The molecule has 0 amide bonds. The SMILES string of the molecule is c1ccc2cc(-c3nc(-c4ccc(-c5nc6ccccc6c6c5oc5ccccc56)cc4)nc(-c4ccc5c6ccccc6c6ccccc6c5c4)n3)ccc2c1. The number of furan rings is 1. The first-order valence-electron chi connectivity index (χ1n) is 19.1. The average molecular weight is 727 g/mol. The van der Waals surface area contributed by atoms with Crippen LogP contribution in [0, 0.1) is 0 Å². The van der Waals surface area contributed by atoms with Crippen molar-refractivity contribution in [1.82, 2.24) is 19.9 Å². The van der Waals surface area contributed by atoms with Gasteiger partial charge in [0.25, 0.3) is 0 Å². The van der Waals surface area contributed by atoms with Crippen LogP contribution >= 0.6 is 0 Å². The smallest absolute Gasteiger partial charge is 0.164 e. The van der Waals surface area contributed by atoms with E-state index in [9.17, 15) is 0 Å². The minimum Gasteiger partial charge on any atom is -0.454 e. The molecule has 0 fully saturated rings. The van der Waals surface area contributed by atoms with E-state index in [2.05, 4.69) is 164 Å². The number of benzene rings is 9. The molecule has 0 aliphatic rings. The molecule has 0 spiro atoms. The fourth-order valence-corrected chi connectivity index (χ4v) is 8.54. The third-order valence-electron chi connectivity index (χ3n) is 11.3. The van der Waals surface area contributed by atoms with Crippen LogP contribution in [-0.2, 0) is 0 Å². The summed E-state index contributed by atoms with van der Waals surface area (Å²) in [6.07, 6.45) is 0. The third-order valence-corrected chi connectivity index (χ3v) is 11.3. The predicted molar refractivity (Wildman–Crippen MR) is 234 cm³/mol. The normalized spacial score (nSPS) is 11.9. The van der Waals surface area contributed by atoms with E-state index in [1.54, 1.807) is 0 Å². The largest absolute Gasteiger partial charge is 0.454 e. The van der Waals surface area contributed by atoms with Crippen LogP contribution in [0.2, 0.25) is 0 Å². The molecule has 0 aliphatic heterocycles. The lowest BCUT2D eigenvalue weighted by molar-refractivity contribution is 0.669. The lowest BCUT2D eigenvalue weighted by Gasteiger charge is -2.13. The van der Waals surface area contributed by atoms with Gasteiger partial charge in [-0.05, 0) is 67.4 Å². The van der Waals surface area contributed by atoms with Gasteiger partial charge in [0.2, 0.25) is 0 Å². The van der Waals surface area contributed by atoms with E-state index < -0.39 is 0 Å². The zero-order valence-corrected chi connectivity index (χ0v) is 30.5. The van der Waals surface area contributed by atoms with Gasteiger partial charge in [-0.25, -0.2) is 19.9 Å². The van der Waals surface area contributed by atoms with Gasteiger partial charge in [-0.2, -0.15) is 0 Å². The number of hydrogen-bond acceptors (Lipinski definition) is 5. The van der Waals surface area contributed by atoms with E-state index >= 15 is 0 Å². The summed E-state index contributed by atoms with van der Waals surface area (Å²) < 4.78 is 6.51. The maximum absolute atomic E-state index is 6.51. The van der Waals surface area contributed by atoms with Crippen LogP contribution in [-0.4, -0.2) is 19.9 Å². The van der Waals surface area contributed by atoms with Crippen molar-refractivity contribution in [2.45, 2.75) is 0 Å². The molecular weight excluding hydrogens is 697 g/mol. The van der Waals surface area contributed by atoms with E-state index in [0.717, 1.165) is 66.2 Å². The molecule has 0 radical (unpaired) electrons. The molecule has 5 nitrogen and oxygen atoms in total. The van der Waals surface area contributed by atoms with E-state index in [1.807, 2.05) is 18.2 Å². The summed E-state index contributed by atoms with van der Waals surface area (Å²) in [7, 11) is 0. The molecule has 264 valence electrons. The van der Waals surface area contributed by atoms with Gasteiger partial charge < -0.3 is 4.42 Å². The van der Waals surface area contributed by atoms with Gasteiger partial charge >= 0.3 is 0 Å². The molecular formula is C52H30N4O. The maximum Gasteiger partial charge on any atom is 0.164 e. The first-order valence-corrected chi connectivity index (χ1v) is 19.1. The quantitative estimate of drug-likeness (QED) is 0.169. The summed E-state index contributed by atoms with van der Waals surface area (Å²) in [5, 5.41) is 12.8. The lowest BCUT2D eigenvalue weighted by Crippen LogP contribution is -2.00. The van der Waals surface area contributed by atoms with Crippen molar-refractivity contribution >= 4 is 75.9 Å². The zero-order chi connectivity index (χ0) is 37.5. The van der Waals surface area contributed by atoms with Gasteiger partial charge in [0.05, 0.1) is 5.52 Å². The zero-order valence-electron chi connectivity index (χ0n) is 30.5. The Morgan fingerprint density at radius 2 is 0.807 bits per heavy atom. The Balaban J connectivity index is 1.04. The summed E-state index contributed by atoms with van der Waals surface area (Å²) in [5.41, 5.74) is 7.04. The van der Waals surface area contributed by atoms with Crippen molar-refractivity contribution in [3.05, 3.63) is 182 Å². The van der Waals surface area contributed by atoms with Crippen LogP contribution in [0.1, 0.15) is 0 Å². The Morgan fingerprint density at radius 1 is 0.316 bits per heavy atom. The molecule has 0 saturated heterocycles. The summed E-state index contributed by atoms with van der Waals surface area (Å²) in [5.74, 6) is 1.83. The Bertz CT molecular complexity index is 3550. The number of para-hydroxylation sites is 2. The Labute approximate surface area is 326 Å². The molecule has 12 aromatic rings. The van der Waals surface area contributed by atoms with Crippen LogP contribution in [0.4, 0.5) is 0 Å². The van der Waals surface area contributed by atoms with E-state index in [-0.39, 0.29) is 0 Å². The number of aromatic nitrogens is 4. The molecule has 5 heteroatoms. The van der Waals surface area contributed by atoms with Gasteiger partial charge in [-0.15, -0.1) is 0 Å². The van der Waals surface area contributed by atoms with Crippen molar-refractivity contribution < 1.29 is 4.42 Å². The number of rotatable bonds is 4. The van der Waals surface area contributed by atoms with Crippen molar-refractivity contribution in [2.75, 3.05) is 0 Å². The first-order chi connectivity index (χ1) is 28.2. The van der Waals surface area contributed by atoms with Crippen molar-refractivity contribution in [1.29, 1.82) is 0 Å². The summed E-state index contributed by atoms with van der Waals surface area (Å²) in [4.78, 5) is 20.6. The van der Waals surface area contributed by atoms with Crippen molar-refractivity contribution in [3.63, 3.8) is 0 Å². The van der Waals surface area contributed by atoms with E-state index in [4.69, 9.17) is 24.4 Å². The fraction of sp³-hybridized carbons (Fsp3) is 0. The number of pyridine rings is 1. The van der Waals surface area contributed by atoms with Crippen LogP contribution in [0.25, 0.3) is 121 Å². The molecule has 0 saturated carbocycles. The average Bonchev–Trinajstić information content (AvgIpc) is 3.69. The standard InChI is InChI=1S/C52H30N4O/c1-2-12-34-29-35(26-21-31(34)11-1)51-54-50(55-52(56-51)36-27-28-41-39-15-4-3-13-37(39)38-14-5-6-16-40(38)44(41)30-36)33-24-22-32(23-25-33)48-49-47(42-17-7-9-19-45(42)53-48)43-18-8-10-20-46(43)57-49/h1-30H. The second-order valence-corrected chi connectivity index (χ2v) is 14.6. The van der Waals surface area contributed by atoms with Crippen LogP contribution in [0.15, 0.2) is 186 Å². The first kappa shape index (κ1) is 31.6. The monoisotopic (exact) mass is 726 g/mol. The van der Waals surface area contributed by atoms with Crippen molar-refractivity contribution in [2.24, 2.45) is 0 Å². The Morgan fingerprint density at radius 3 is 1.53 bits per heavy atom. The maximum atomic E-state index is 6.51. The predicted octanol–water partition coefficient (Wildman–Crippen LogP) is 13.6. The minimum absolute atomic E-state index is 0.596. The van der Waals surface area contributed by atoms with Gasteiger partial charge in [0, 0.05) is 38.4 Å². The second-order valence-electron chi connectivity index (χ2n) is 14.6. The van der Waals surface area contributed by atoms with Crippen LogP contribution in [0.5, 0.6) is 0 Å². The topological polar surface area (TPSA) is 64.7 Å². The van der Waals surface area contributed by atoms with Gasteiger partial charge in [-0.1, -0.05) is 158 Å². The molecule has 9 aromatic carbocycles. The highest BCUT2D eigenvalue weighted by Crippen LogP contribution is 2.40. The Kier molecular flexibility index (Phi) is 6.86. The fourth-order valence-electron chi connectivity index (χ4n) is 8.54. The molecule has 12 rings (SSSR count). The van der Waals surface area contributed by atoms with Gasteiger partial charge in [0.15, 0.2) is 23.1 Å². The minimum atomic E-state index is 0.596. The van der Waals surface area contributed by atoms with Crippen molar-refractivity contribution in [3.8, 4) is 45.4 Å². The van der Waals surface area contributed by atoms with Gasteiger partial charge in [0.1, 0.15) is 11.3 Å². The van der Waals surface area contributed by atoms with E-state index in [0.29, 0.717) is 17.5 Å². The highest BCUT2D eigenvalue weighted by Gasteiger charge is 2.19. The number of hydrogen-bond donors (Lipinski definition) is 0. The van der Waals surface area contributed by atoms with E-state index in [1.165, 1.54) is 37.7 Å². The highest BCUT2D eigenvalue weighted by atomic mass is 16.3. The number of fused-ring (bicyclic) bond motifs is 12. The summed E-state index contributed by atoms with van der Waals surface area (Å²) >= 11 is 0. The van der Waals surface area contributed by atoms with Crippen LogP contribution < -0.4 is 0 Å². The molecule has 0 unspecified atom stereocenters. The lowest BCUT2D eigenvalue weighted by atomic mass is 9.93. The second kappa shape index (κ2) is 12.4. The highest BCUT2D eigenvalue weighted by molar-refractivity contribution is 6.26. The molecule has 0 bridgehead atoms. The van der Waals surface area contributed by atoms with Crippen LogP contribution in [0.3, 0.4) is 0 Å². The molecule has 0 atom stereocenters. The molecule has 57 heavy (non-hydrogen) atoms.